The molecule has 1 aromatic carbocycles. The van der Waals surface area contributed by atoms with Crippen LogP contribution in [0.5, 0.6) is 0 Å². The van der Waals surface area contributed by atoms with E-state index in [9.17, 15) is 23.1 Å². The van der Waals surface area contributed by atoms with E-state index in [4.69, 9.17) is 4.74 Å². The lowest BCUT2D eigenvalue weighted by Crippen LogP contribution is -2.31. The maximum absolute atomic E-state index is 13.4. The Morgan fingerprint density at radius 3 is 2.71 bits per heavy atom. The summed E-state index contributed by atoms with van der Waals surface area (Å²) in [4.78, 5) is 10.9. The second-order valence-electron chi connectivity index (χ2n) is 5.75. The van der Waals surface area contributed by atoms with Crippen LogP contribution in [0.15, 0.2) is 23.3 Å². The molecule has 0 aromatic heterocycles. The van der Waals surface area contributed by atoms with Crippen molar-refractivity contribution >= 4 is 17.5 Å². The van der Waals surface area contributed by atoms with Crippen LogP contribution < -0.4 is 10.7 Å². The molecule has 1 aliphatic carbocycles. The first kappa shape index (κ1) is 16.6. The quantitative estimate of drug-likeness (QED) is 0.787. The van der Waals surface area contributed by atoms with Gasteiger partial charge in [-0.2, -0.15) is 18.3 Å². The Hall–Kier alpha value is -2.29. The van der Waals surface area contributed by atoms with E-state index in [1.54, 1.807) is 0 Å². The van der Waals surface area contributed by atoms with Crippen molar-refractivity contribution in [3.8, 4) is 0 Å². The van der Waals surface area contributed by atoms with Crippen LogP contribution in [-0.4, -0.2) is 35.7 Å². The lowest BCUT2D eigenvalue weighted by atomic mass is 10.0. The van der Waals surface area contributed by atoms with Crippen LogP contribution in [0.25, 0.3) is 0 Å². The molecule has 1 amide bonds. The number of hydrogen-bond donors (Lipinski definition) is 3. The summed E-state index contributed by atoms with van der Waals surface area (Å²) in [6, 6.07) is 3.34. The first-order chi connectivity index (χ1) is 11.3. The molecule has 0 bridgehead atoms. The summed E-state index contributed by atoms with van der Waals surface area (Å²) >= 11 is 0. The highest BCUT2D eigenvalue weighted by Gasteiger charge is 2.36. The van der Waals surface area contributed by atoms with Crippen LogP contribution in [0.2, 0.25) is 0 Å². The Bertz CT molecular complexity index is 676. The number of benzene rings is 1. The highest BCUT2D eigenvalue weighted by molar-refractivity contribution is 6.04. The molecule has 2 atom stereocenters. The third-order valence-electron chi connectivity index (χ3n) is 4.10. The van der Waals surface area contributed by atoms with Gasteiger partial charge in [-0.3, -0.25) is 0 Å². The number of aliphatic hydroxyl groups is 1. The first-order valence-corrected chi connectivity index (χ1v) is 7.50. The number of nitrogens with zero attached hydrogens (tertiary/aromatic N) is 1. The van der Waals surface area contributed by atoms with Crippen LogP contribution in [0, 0.1) is 0 Å². The van der Waals surface area contributed by atoms with Gasteiger partial charge in [0.15, 0.2) is 0 Å². The second kappa shape index (κ2) is 6.31. The minimum atomic E-state index is -4.57. The molecule has 24 heavy (non-hydrogen) atoms. The maximum atomic E-state index is 13.4. The summed E-state index contributed by atoms with van der Waals surface area (Å²) in [6.45, 7) is -0.197. The number of amides is 1. The first-order valence-electron chi connectivity index (χ1n) is 7.50. The molecule has 1 fully saturated rings. The zero-order chi connectivity index (χ0) is 17.3. The molecular formula is C15H16F3N3O3. The van der Waals surface area contributed by atoms with E-state index >= 15 is 0 Å². The van der Waals surface area contributed by atoms with Gasteiger partial charge in [0, 0.05) is 11.3 Å². The lowest BCUT2D eigenvalue weighted by Gasteiger charge is -2.22. The monoisotopic (exact) mass is 343 g/mol. The average Bonchev–Trinajstić information content (AvgIpc) is 2.93. The van der Waals surface area contributed by atoms with Crippen LogP contribution in [0.3, 0.4) is 0 Å². The molecule has 3 rings (SSSR count). The summed E-state index contributed by atoms with van der Waals surface area (Å²) in [5.41, 5.74) is 1.54. The number of carbonyl (C=O) groups is 1. The number of rotatable bonds is 3. The number of anilines is 1. The molecule has 2 aliphatic rings. The summed E-state index contributed by atoms with van der Waals surface area (Å²) in [6.07, 6.45) is -4.01. The van der Waals surface area contributed by atoms with Crippen molar-refractivity contribution < 1.29 is 27.8 Å². The number of alkyl halides is 3. The number of carbonyl (C=O) groups excluding carboxylic acids is 1. The predicted molar refractivity (Wildman–Crippen MR) is 79.7 cm³/mol. The normalized spacial score (nSPS) is 24.2. The van der Waals surface area contributed by atoms with E-state index in [1.165, 1.54) is 12.1 Å². The van der Waals surface area contributed by atoms with Crippen molar-refractivity contribution in [1.82, 2.24) is 5.43 Å². The van der Waals surface area contributed by atoms with Crippen LogP contribution >= 0.6 is 0 Å². The maximum Gasteiger partial charge on any atom is 0.428 e. The number of ether oxygens (including phenoxy) is 1. The van der Waals surface area contributed by atoms with Gasteiger partial charge in [-0.05, 0) is 31.4 Å². The minimum absolute atomic E-state index is 0.0847. The topological polar surface area (TPSA) is 83.0 Å². The summed E-state index contributed by atoms with van der Waals surface area (Å²) in [7, 11) is 0. The zero-order valence-corrected chi connectivity index (χ0v) is 12.6. The van der Waals surface area contributed by atoms with Crippen LogP contribution in [0.4, 0.5) is 23.7 Å². The molecule has 0 spiro atoms. The summed E-state index contributed by atoms with van der Waals surface area (Å²) in [5.74, 6) is 0. The predicted octanol–water partition coefficient (Wildman–Crippen LogP) is 2.47. The fraction of sp³-hybridized carbons (Fsp3) is 0.467. The molecule has 6 nitrogen and oxygen atoms in total. The molecule has 1 heterocycles. The minimum Gasteiger partial charge on any atom is -0.442 e. The molecule has 130 valence electrons. The van der Waals surface area contributed by atoms with Crippen LogP contribution in [-0.2, 0) is 10.9 Å². The number of hydrogen-bond acceptors (Lipinski definition) is 5. The van der Waals surface area contributed by atoms with E-state index in [-0.39, 0.29) is 23.6 Å². The van der Waals surface area contributed by atoms with Gasteiger partial charge in [0.25, 0.3) is 0 Å². The van der Waals surface area contributed by atoms with E-state index in [0.717, 1.165) is 12.5 Å². The molecule has 3 N–H and O–H groups in total. The van der Waals surface area contributed by atoms with Gasteiger partial charge in [0.1, 0.15) is 12.3 Å². The summed E-state index contributed by atoms with van der Waals surface area (Å²) < 4.78 is 44.9. The fourth-order valence-corrected chi connectivity index (χ4v) is 2.85. The highest BCUT2D eigenvalue weighted by Crippen LogP contribution is 2.37. The SMILES string of the molecule is O=C1NN=C(c2ccc(NC3CCCC3O)c(C(F)(F)F)c2)CO1. The zero-order valence-electron chi connectivity index (χ0n) is 12.6. The van der Waals surface area contributed by atoms with E-state index in [0.29, 0.717) is 12.8 Å². The van der Waals surface area contributed by atoms with Crippen molar-refractivity contribution in [2.24, 2.45) is 5.10 Å². The van der Waals surface area contributed by atoms with E-state index in [1.807, 2.05) is 0 Å². The fourth-order valence-electron chi connectivity index (χ4n) is 2.85. The Balaban J connectivity index is 1.91. The number of nitrogens with one attached hydrogen (secondary N) is 2. The van der Waals surface area contributed by atoms with Crippen molar-refractivity contribution in [3.05, 3.63) is 29.3 Å². The van der Waals surface area contributed by atoms with Gasteiger partial charge >= 0.3 is 12.3 Å². The second-order valence-corrected chi connectivity index (χ2v) is 5.75. The highest BCUT2D eigenvalue weighted by atomic mass is 19.4. The van der Waals surface area contributed by atoms with Gasteiger partial charge in [0.05, 0.1) is 17.7 Å². The molecular weight excluding hydrogens is 327 g/mol. The van der Waals surface area contributed by atoms with Crippen molar-refractivity contribution in [3.63, 3.8) is 0 Å². The Morgan fingerprint density at radius 1 is 1.33 bits per heavy atom. The standard InChI is InChI=1S/C15H16F3N3O3/c16-15(17,18)9-6-8(12-7-24-14(23)21-20-12)4-5-10(9)19-11-2-1-3-13(11)22/h4-6,11,13,19,22H,1-3,7H2,(H,21,23). The summed E-state index contributed by atoms with van der Waals surface area (Å²) in [5, 5.41) is 16.3. The number of halogens is 3. The molecule has 1 aliphatic heterocycles. The number of aliphatic hydroxyl groups excluding tert-OH is 1. The molecule has 1 saturated carbocycles. The average molecular weight is 343 g/mol. The van der Waals surface area contributed by atoms with Crippen molar-refractivity contribution in [2.45, 2.75) is 37.6 Å². The Morgan fingerprint density at radius 2 is 2.12 bits per heavy atom. The third-order valence-corrected chi connectivity index (χ3v) is 4.10. The van der Waals surface area contributed by atoms with Crippen molar-refractivity contribution in [2.75, 3.05) is 11.9 Å². The van der Waals surface area contributed by atoms with E-state index < -0.39 is 30.0 Å². The van der Waals surface area contributed by atoms with Gasteiger partial charge in [-0.1, -0.05) is 6.07 Å². The van der Waals surface area contributed by atoms with Crippen molar-refractivity contribution in [1.29, 1.82) is 0 Å². The third kappa shape index (κ3) is 3.45. The van der Waals surface area contributed by atoms with E-state index in [2.05, 4.69) is 15.8 Å². The molecule has 0 radical (unpaired) electrons. The molecule has 9 heteroatoms. The van der Waals surface area contributed by atoms with Gasteiger partial charge < -0.3 is 15.2 Å². The number of cyclic esters (lactones) is 1. The van der Waals surface area contributed by atoms with Crippen LogP contribution in [0.1, 0.15) is 30.4 Å². The molecule has 1 aromatic rings. The molecule has 0 saturated heterocycles. The van der Waals surface area contributed by atoms with Gasteiger partial charge in [-0.25, -0.2) is 10.2 Å². The number of hydrazone groups is 1. The smallest absolute Gasteiger partial charge is 0.428 e. The Kier molecular flexibility index (Phi) is 4.35. The lowest BCUT2D eigenvalue weighted by molar-refractivity contribution is -0.137. The van der Waals surface area contributed by atoms with Gasteiger partial charge in [0.2, 0.25) is 0 Å². The Labute approximate surface area is 135 Å². The molecule has 2 unspecified atom stereocenters. The largest absolute Gasteiger partial charge is 0.442 e. The van der Waals surface area contributed by atoms with Gasteiger partial charge in [-0.15, -0.1) is 0 Å².